The summed E-state index contributed by atoms with van der Waals surface area (Å²) in [6.45, 7) is 1.41. The molecule has 104 valence electrons. The minimum atomic E-state index is -0.914. The van der Waals surface area contributed by atoms with Crippen LogP contribution in [0.2, 0.25) is 0 Å². The molecule has 18 heavy (non-hydrogen) atoms. The molecule has 1 fully saturated rings. The maximum atomic E-state index is 12.1. The molecule has 1 aliphatic heterocycles. The molecule has 6 nitrogen and oxygen atoms in total. The van der Waals surface area contributed by atoms with Gasteiger partial charge in [0.1, 0.15) is 0 Å². The molecule has 0 bridgehead atoms. The summed E-state index contributed by atoms with van der Waals surface area (Å²) in [5.41, 5.74) is 5.75. The van der Waals surface area contributed by atoms with E-state index in [1.54, 1.807) is 4.90 Å². The first-order chi connectivity index (χ1) is 8.41. The van der Waals surface area contributed by atoms with Gasteiger partial charge in [-0.2, -0.15) is 0 Å². The number of carbonyl (C=O) groups excluding carboxylic acids is 1. The average molecular weight is 257 g/mol. The van der Waals surface area contributed by atoms with Crippen molar-refractivity contribution in [3.8, 4) is 0 Å². The first kappa shape index (κ1) is 14.9. The number of piperidine rings is 1. The molecule has 0 spiro atoms. The summed E-state index contributed by atoms with van der Waals surface area (Å²) >= 11 is 0. The molecule has 1 heterocycles. The molecule has 1 rings (SSSR count). The third-order valence-electron chi connectivity index (χ3n) is 3.42. The molecule has 0 aromatic heterocycles. The lowest BCUT2D eigenvalue weighted by Gasteiger charge is -2.37. The van der Waals surface area contributed by atoms with Crippen molar-refractivity contribution in [2.45, 2.75) is 37.8 Å². The third-order valence-corrected chi connectivity index (χ3v) is 3.42. The van der Waals surface area contributed by atoms with Crippen LogP contribution in [0.5, 0.6) is 0 Å². The maximum absolute atomic E-state index is 12.1. The molecule has 1 aliphatic rings. The second-order valence-corrected chi connectivity index (χ2v) is 5.08. The minimum Gasteiger partial charge on any atom is -0.481 e. The Hall–Kier alpha value is -1.14. The molecule has 3 N–H and O–H groups in total. The Kier molecular flexibility index (Phi) is 5.55. The lowest BCUT2D eigenvalue weighted by molar-refractivity contribution is -0.138. The van der Waals surface area contributed by atoms with Gasteiger partial charge in [0.25, 0.3) is 0 Å². The SMILES string of the molecule is CN(C)C1CCCN(C(=O)C(N)CCC(=O)O)C1. The Labute approximate surface area is 108 Å². The highest BCUT2D eigenvalue weighted by atomic mass is 16.4. The van der Waals surface area contributed by atoms with Crippen molar-refractivity contribution in [2.24, 2.45) is 5.73 Å². The fourth-order valence-electron chi connectivity index (χ4n) is 2.21. The number of likely N-dealkylation sites (tertiary alicyclic amines) is 1. The van der Waals surface area contributed by atoms with E-state index in [2.05, 4.69) is 4.90 Å². The second-order valence-electron chi connectivity index (χ2n) is 5.08. The summed E-state index contributed by atoms with van der Waals surface area (Å²) in [5, 5.41) is 8.58. The molecule has 1 amide bonds. The topological polar surface area (TPSA) is 86.9 Å². The quantitative estimate of drug-likeness (QED) is 0.708. The van der Waals surface area contributed by atoms with E-state index >= 15 is 0 Å². The Morgan fingerprint density at radius 2 is 2.17 bits per heavy atom. The number of carboxylic acids is 1. The van der Waals surface area contributed by atoms with Crippen LogP contribution in [0.4, 0.5) is 0 Å². The lowest BCUT2D eigenvalue weighted by atomic mass is 10.0. The first-order valence-electron chi connectivity index (χ1n) is 6.34. The van der Waals surface area contributed by atoms with Crippen molar-refractivity contribution in [2.75, 3.05) is 27.2 Å². The van der Waals surface area contributed by atoms with Gasteiger partial charge in [-0.1, -0.05) is 0 Å². The van der Waals surface area contributed by atoms with Crippen LogP contribution in [0.1, 0.15) is 25.7 Å². The monoisotopic (exact) mass is 257 g/mol. The number of hydrogen-bond acceptors (Lipinski definition) is 4. The average Bonchev–Trinajstić information content (AvgIpc) is 2.35. The number of carboxylic acid groups (broad SMARTS) is 1. The van der Waals surface area contributed by atoms with Gasteiger partial charge in [0.15, 0.2) is 0 Å². The van der Waals surface area contributed by atoms with E-state index in [0.29, 0.717) is 12.6 Å². The molecule has 6 heteroatoms. The van der Waals surface area contributed by atoms with E-state index in [9.17, 15) is 9.59 Å². The Balaban J connectivity index is 2.47. The zero-order valence-corrected chi connectivity index (χ0v) is 11.1. The fourth-order valence-corrected chi connectivity index (χ4v) is 2.21. The molecule has 0 aliphatic carbocycles. The first-order valence-corrected chi connectivity index (χ1v) is 6.34. The highest BCUT2D eigenvalue weighted by Crippen LogP contribution is 2.15. The van der Waals surface area contributed by atoms with Crippen LogP contribution in [-0.4, -0.2) is 66.1 Å². The predicted molar refractivity (Wildman–Crippen MR) is 68.1 cm³/mol. The molecular weight excluding hydrogens is 234 g/mol. The van der Waals surface area contributed by atoms with Crippen molar-refractivity contribution in [1.29, 1.82) is 0 Å². The number of rotatable bonds is 5. The van der Waals surface area contributed by atoms with Crippen molar-refractivity contribution in [1.82, 2.24) is 9.80 Å². The van der Waals surface area contributed by atoms with Gasteiger partial charge in [0.2, 0.25) is 5.91 Å². The zero-order valence-electron chi connectivity index (χ0n) is 11.1. The van der Waals surface area contributed by atoms with Crippen molar-refractivity contribution in [3.63, 3.8) is 0 Å². The molecule has 2 atom stereocenters. The maximum Gasteiger partial charge on any atom is 0.303 e. The highest BCUT2D eigenvalue weighted by molar-refractivity contribution is 5.82. The zero-order chi connectivity index (χ0) is 13.7. The van der Waals surface area contributed by atoms with Crippen molar-refractivity contribution in [3.05, 3.63) is 0 Å². The molecule has 0 saturated carbocycles. The minimum absolute atomic E-state index is 0.0577. The highest BCUT2D eigenvalue weighted by Gasteiger charge is 2.27. The number of amides is 1. The molecule has 2 unspecified atom stereocenters. The summed E-state index contributed by atoms with van der Waals surface area (Å²) < 4.78 is 0. The molecule has 0 aromatic rings. The van der Waals surface area contributed by atoms with Crippen LogP contribution in [0, 0.1) is 0 Å². The van der Waals surface area contributed by atoms with Gasteiger partial charge in [-0.15, -0.1) is 0 Å². The third kappa shape index (κ3) is 4.27. The van der Waals surface area contributed by atoms with Crippen LogP contribution in [0.3, 0.4) is 0 Å². The standard InChI is InChI=1S/C12H23N3O3/c1-14(2)9-4-3-7-15(8-9)12(18)10(13)5-6-11(16)17/h9-10H,3-8,13H2,1-2H3,(H,16,17). The number of aliphatic carboxylic acids is 1. The van der Waals surface area contributed by atoms with E-state index in [0.717, 1.165) is 19.4 Å². The Morgan fingerprint density at radius 1 is 1.50 bits per heavy atom. The normalized spacial score (nSPS) is 22.0. The van der Waals surface area contributed by atoms with Crippen LogP contribution in [0.15, 0.2) is 0 Å². The number of nitrogens with zero attached hydrogens (tertiary/aromatic N) is 2. The number of likely N-dealkylation sites (N-methyl/N-ethyl adjacent to an activating group) is 1. The van der Waals surface area contributed by atoms with Gasteiger partial charge < -0.3 is 20.6 Å². The number of nitrogens with two attached hydrogens (primary N) is 1. The van der Waals surface area contributed by atoms with E-state index < -0.39 is 12.0 Å². The van der Waals surface area contributed by atoms with Gasteiger partial charge >= 0.3 is 5.97 Å². The summed E-state index contributed by atoms with van der Waals surface area (Å²) in [5.74, 6) is -1.04. The summed E-state index contributed by atoms with van der Waals surface area (Å²) in [7, 11) is 4.01. The van der Waals surface area contributed by atoms with E-state index in [-0.39, 0.29) is 18.7 Å². The molecule has 0 radical (unpaired) electrons. The Bertz CT molecular complexity index is 307. The van der Waals surface area contributed by atoms with E-state index in [1.165, 1.54) is 0 Å². The molecule has 1 saturated heterocycles. The van der Waals surface area contributed by atoms with Gasteiger partial charge in [-0.3, -0.25) is 9.59 Å². The van der Waals surface area contributed by atoms with Gasteiger partial charge in [0, 0.05) is 25.6 Å². The van der Waals surface area contributed by atoms with Crippen molar-refractivity contribution < 1.29 is 14.7 Å². The van der Waals surface area contributed by atoms with E-state index in [1.807, 2.05) is 14.1 Å². The van der Waals surface area contributed by atoms with E-state index in [4.69, 9.17) is 10.8 Å². The second kappa shape index (κ2) is 6.70. The van der Waals surface area contributed by atoms with Crippen LogP contribution >= 0.6 is 0 Å². The van der Waals surface area contributed by atoms with Crippen LogP contribution in [-0.2, 0) is 9.59 Å². The number of carbonyl (C=O) groups is 2. The van der Waals surface area contributed by atoms with Crippen LogP contribution in [0.25, 0.3) is 0 Å². The summed E-state index contributed by atoms with van der Waals surface area (Å²) in [6, 6.07) is -0.323. The molecular formula is C12H23N3O3. The smallest absolute Gasteiger partial charge is 0.303 e. The van der Waals surface area contributed by atoms with Gasteiger partial charge in [-0.05, 0) is 33.4 Å². The largest absolute Gasteiger partial charge is 0.481 e. The van der Waals surface area contributed by atoms with Gasteiger partial charge in [-0.25, -0.2) is 0 Å². The predicted octanol–water partition coefficient (Wildman–Crippen LogP) is -0.269. The summed E-state index contributed by atoms with van der Waals surface area (Å²) in [4.78, 5) is 26.4. The summed E-state index contributed by atoms with van der Waals surface area (Å²) in [6.07, 6.45) is 2.20. The van der Waals surface area contributed by atoms with Gasteiger partial charge in [0.05, 0.1) is 6.04 Å². The van der Waals surface area contributed by atoms with Crippen molar-refractivity contribution >= 4 is 11.9 Å². The molecule has 0 aromatic carbocycles. The Morgan fingerprint density at radius 3 is 2.72 bits per heavy atom. The van der Waals surface area contributed by atoms with Crippen LogP contribution < -0.4 is 5.73 Å². The lowest BCUT2D eigenvalue weighted by Crippen LogP contribution is -2.52. The number of hydrogen-bond donors (Lipinski definition) is 2. The fraction of sp³-hybridized carbons (Fsp3) is 0.833.